The smallest absolute Gasteiger partial charge is 0.255 e. The van der Waals surface area contributed by atoms with Crippen molar-refractivity contribution < 1.29 is 4.79 Å². The predicted molar refractivity (Wildman–Crippen MR) is 102 cm³/mol. The zero-order valence-electron chi connectivity index (χ0n) is 13.8. The highest BCUT2D eigenvalue weighted by molar-refractivity contribution is 7.13. The highest BCUT2D eigenvalue weighted by Crippen LogP contribution is 2.23. The minimum absolute atomic E-state index is 0.0675. The Morgan fingerprint density at radius 3 is 2.36 bits per heavy atom. The van der Waals surface area contributed by atoms with Crippen LogP contribution in [0.15, 0.2) is 66.2 Å². The largest absolute Gasteiger partial charge is 0.368 e. The van der Waals surface area contributed by atoms with E-state index in [0.29, 0.717) is 5.56 Å². The SMILES string of the molecule is O=C(c1ccc(-c2cccs2)nc1)N1CCN(c2ccccc2)CC1. The van der Waals surface area contributed by atoms with Gasteiger partial charge in [0.2, 0.25) is 0 Å². The molecule has 25 heavy (non-hydrogen) atoms. The van der Waals surface area contributed by atoms with Crippen LogP contribution in [0, 0.1) is 0 Å². The maximum absolute atomic E-state index is 12.7. The molecule has 1 saturated heterocycles. The molecular weight excluding hydrogens is 330 g/mol. The average Bonchev–Trinajstić information content (AvgIpc) is 3.23. The van der Waals surface area contributed by atoms with Crippen LogP contribution in [0.25, 0.3) is 10.6 Å². The summed E-state index contributed by atoms with van der Waals surface area (Å²) in [6, 6.07) is 18.2. The summed E-state index contributed by atoms with van der Waals surface area (Å²) in [7, 11) is 0. The van der Waals surface area contributed by atoms with Crippen LogP contribution in [0.1, 0.15) is 10.4 Å². The van der Waals surface area contributed by atoms with Crippen LogP contribution in [0.2, 0.25) is 0 Å². The molecule has 1 aliphatic heterocycles. The van der Waals surface area contributed by atoms with Gasteiger partial charge in [0.1, 0.15) is 0 Å². The van der Waals surface area contributed by atoms with Crippen molar-refractivity contribution in [2.45, 2.75) is 0 Å². The molecule has 0 unspecified atom stereocenters. The number of rotatable bonds is 3. The first-order valence-electron chi connectivity index (χ1n) is 8.40. The van der Waals surface area contributed by atoms with Crippen LogP contribution in [0.3, 0.4) is 0 Å². The molecule has 0 atom stereocenters. The lowest BCUT2D eigenvalue weighted by atomic mass is 10.2. The molecule has 1 aliphatic rings. The van der Waals surface area contributed by atoms with Gasteiger partial charge in [-0.2, -0.15) is 0 Å². The Morgan fingerprint density at radius 1 is 0.920 bits per heavy atom. The van der Waals surface area contributed by atoms with Gasteiger partial charge in [0, 0.05) is 38.1 Å². The molecule has 0 saturated carbocycles. The molecule has 2 aromatic heterocycles. The van der Waals surface area contributed by atoms with Gasteiger partial charge in [-0.1, -0.05) is 24.3 Å². The third-order valence-corrected chi connectivity index (χ3v) is 5.36. The first kappa shape index (κ1) is 15.8. The number of carbonyl (C=O) groups is 1. The standard InChI is InChI=1S/C20H19N3OS/c24-20(16-8-9-18(21-15-16)19-7-4-14-25-19)23-12-10-22(11-13-23)17-5-2-1-3-6-17/h1-9,14-15H,10-13H2. The Hall–Kier alpha value is -2.66. The van der Waals surface area contributed by atoms with E-state index in [9.17, 15) is 4.79 Å². The number of aromatic nitrogens is 1. The van der Waals surface area contributed by atoms with Crippen LogP contribution < -0.4 is 4.90 Å². The molecule has 0 spiro atoms. The van der Waals surface area contributed by atoms with Gasteiger partial charge < -0.3 is 9.80 Å². The highest BCUT2D eigenvalue weighted by Gasteiger charge is 2.22. The van der Waals surface area contributed by atoms with Gasteiger partial charge in [-0.3, -0.25) is 9.78 Å². The normalized spacial score (nSPS) is 14.6. The summed E-state index contributed by atoms with van der Waals surface area (Å²) < 4.78 is 0. The van der Waals surface area contributed by atoms with Gasteiger partial charge in [0.25, 0.3) is 5.91 Å². The van der Waals surface area contributed by atoms with E-state index in [4.69, 9.17) is 0 Å². The first-order chi connectivity index (χ1) is 12.3. The zero-order chi connectivity index (χ0) is 17.1. The fraction of sp³-hybridized carbons (Fsp3) is 0.200. The number of pyridine rings is 1. The lowest BCUT2D eigenvalue weighted by Gasteiger charge is -2.36. The third kappa shape index (κ3) is 3.42. The van der Waals surface area contributed by atoms with E-state index >= 15 is 0 Å². The summed E-state index contributed by atoms with van der Waals surface area (Å²) >= 11 is 1.65. The molecule has 1 aromatic carbocycles. The maximum Gasteiger partial charge on any atom is 0.255 e. The van der Waals surface area contributed by atoms with Crippen molar-refractivity contribution in [1.82, 2.24) is 9.88 Å². The molecule has 3 aromatic rings. The molecule has 4 nitrogen and oxygen atoms in total. The minimum Gasteiger partial charge on any atom is -0.368 e. The Bertz CT molecular complexity index is 823. The molecule has 5 heteroatoms. The van der Waals surface area contributed by atoms with Crippen molar-refractivity contribution in [1.29, 1.82) is 0 Å². The van der Waals surface area contributed by atoms with Gasteiger partial charge in [-0.15, -0.1) is 11.3 Å². The minimum atomic E-state index is 0.0675. The predicted octanol–water partition coefficient (Wildman–Crippen LogP) is 3.77. The molecule has 4 rings (SSSR count). The topological polar surface area (TPSA) is 36.4 Å². The number of para-hydroxylation sites is 1. The fourth-order valence-corrected chi connectivity index (χ4v) is 3.78. The molecule has 0 bridgehead atoms. The van der Waals surface area contributed by atoms with E-state index in [1.54, 1.807) is 17.5 Å². The Balaban J connectivity index is 1.40. The lowest BCUT2D eigenvalue weighted by molar-refractivity contribution is 0.0746. The highest BCUT2D eigenvalue weighted by atomic mass is 32.1. The van der Waals surface area contributed by atoms with Crippen LogP contribution in [-0.4, -0.2) is 42.0 Å². The van der Waals surface area contributed by atoms with E-state index < -0.39 is 0 Å². The number of piperazine rings is 1. The number of carbonyl (C=O) groups excluding carboxylic acids is 1. The number of hydrogen-bond acceptors (Lipinski definition) is 4. The van der Waals surface area contributed by atoms with Crippen molar-refractivity contribution in [3.05, 3.63) is 71.7 Å². The monoisotopic (exact) mass is 349 g/mol. The van der Waals surface area contributed by atoms with Gasteiger partial charge in [-0.05, 0) is 35.7 Å². The van der Waals surface area contributed by atoms with Crippen molar-refractivity contribution >= 4 is 22.9 Å². The molecule has 1 fully saturated rings. The zero-order valence-corrected chi connectivity index (χ0v) is 14.7. The van der Waals surface area contributed by atoms with Crippen LogP contribution in [0.5, 0.6) is 0 Å². The Labute approximate surface area is 151 Å². The molecule has 0 radical (unpaired) electrons. The maximum atomic E-state index is 12.7. The average molecular weight is 349 g/mol. The van der Waals surface area contributed by atoms with Gasteiger partial charge >= 0.3 is 0 Å². The number of benzene rings is 1. The van der Waals surface area contributed by atoms with E-state index in [-0.39, 0.29) is 5.91 Å². The summed E-state index contributed by atoms with van der Waals surface area (Å²) in [5.74, 6) is 0.0675. The lowest BCUT2D eigenvalue weighted by Crippen LogP contribution is -2.48. The summed E-state index contributed by atoms with van der Waals surface area (Å²) in [5, 5.41) is 2.03. The first-order valence-corrected chi connectivity index (χ1v) is 9.28. The Kier molecular flexibility index (Phi) is 4.48. The number of amides is 1. The van der Waals surface area contributed by atoms with Crippen LogP contribution in [-0.2, 0) is 0 Å². The second-order valence-electron chi connectivity index (χ2n) is 6.02. The second-order valence-corrected chi connectivity index (χ2v) is 6.97. The van der Waals surface area contributed by atoms with Gasteiger partial charge in [-0.25, -0.2) is 0 Å². The molecule has 1 amide bonds. The number of thiophene rings is 1. The third-order valence-electron chi connectivity index (χ3n) is 4.47. The van der Waals surface area contributed by atoms with E-state index in [1.165, 1.54) is 5.69 Å². The van der Waals surface area contributed by atoms with Crippen molar-refractivity contribution in [3.8, 4) is 10.6 Å². The summed E-state index contributed by atoms with van der Waals surface area (Å²) in [6.07, 6.45) is 1.70. The number of anilines is 1. The molecule has 126 valence electrons. The molecule has 0 aliphatic carbocycles. The van der Waals surface area contributed by atoms with E-state index in [2.05, 4.69) is 22.0 Å². The fourth-order valence-electron chi connectivity index (χ4n) is 3.08. The summed E-state index contributed by atoms with van der Waals surface area (Å²) in [4.78, 5) is 22.5. The quantitative estimate of drug-likeness (QED) is 0.722. The Morgan fingerprint density at radius 2 is 1.72 bits per heavy atom. The number of hydrogen-bond donors (Lipinski definition) is 0. The second kappa shape index (κ2) is 7.07. The molecule has 0 N–H and O–H groups in total. The molecular formula is C20H19N3OS. The number of nitrogens with zero attached hydrogens (tertiary/aromatic N) is 3. The van der Waals surface area contributed by atoms with Crippen molar-refractivity contribution in [2.24, 2.45) is 0 Å². The summed E-state index contributed by atoms with van der Waals surface area (Å²) in [6.45, 7) is 3.19. The van der Waals surface area contributed by atoms with Crippen LogP contribution in [0.4, 0.5) is 5.69 Å². The van der Waals surface area contributed by atoms with Crippen molar-refractivity contribution in [3.63, 3.8) is 0 Å². The summed E-state index contributed by atoms with van der Waals surface area (Å²) in [5.41, 5.74) is 2.80. The van der Waals surface area contributed by atoms with Crippen molar-refractivity contribution in [2.75, 3.05) is 31.1 Å². The van der Waals surface area contributed by atoms with Crippen LogP contribution >= 0.6 is 11.3 Å². The van der Waals surface area contributed by atoms with Gasteiger partial charge in [0.15, 0.2) is 0 Å². The van der Waals surface area contributed by atoms with Gasteiger partial charge in [0.05, 0.1) is 16.1 Å². The van der Waals surface area contributed by atoms with E-state index in [1.807, 2.05) is 52.7 Å². The molecule has 3 heterocycles. The van der Waals surface area contributed by atoms with E-state index in [0.717, 1.165) is 36.8 Å².